The smallest absolute Gasteiger partial charge is 0.131 e. The number of aromatic hydroxyl groups is 1. The zero-order chi connectivity index (χ0) is 17.5. The van der Waals surface area contributed by atoms with Crippen molar-refractivity contribution in [3.05, 3.63) is 59.2 Å². The van der Waals surface area contributed by atoms with Gasteiger partial charge in [-0.25, -0.2) is 8.78 Å². The van der Waals surface area contributed by atoms with E-state index in [4.69, 9.17) is 4.74 Å². The molecule has 0 aliphatic rings. The first kappa shape index (κ1) is 18.2. The standard InChI is InChI=1S/C18H21F2NO3/c1-2-8-24-13-7-6-12(16(22)9-13)10-21-11-17(23)18-14(19)4-3-5-15(18)20/h3-7,9,17,21-23H,2,8,10-11H2,1H3. The molecule has 0 saturated carbocycles. The van der Waals surface area contributed by atoms with Gasteiger partial charge in [0.15, 0.2) is 0 Å². The van der Waals surface area contributed by atoms with Crippen molar-refractivity contribution in [1.29, 1.82) is 0 Å². The molecule has 2 rings (SSSR count). The summed E-state index contributed by atoms with van der Waals surface area (Å²) < 4.78 is 32.6. The second-order valence-corrected chi connectivity index (χ2v) is 5.42. The molecular weight excluding hydrogens is 316 g/mol. The van der Waals surface area contributed by atoms with Crippen LogP contribution in [0.15, 0.2) is 36.4 Å². The molecule has 4 nitrogen and oxygen atoms in total. The molecule has 2 aromatic rings. The van der Waals surface area contributed by atoms with Crippen LogP contribution in [-0.2, 0) is 6.54 Å². The molecule has 1 atom stereocenters. The molecule has 0 spiro atoms. The SMILES string of the molecule is CCCOc1ccc(CNCC(O)c2c(F)cccc2F)c(O)c1. The Balaban J connectivity index is 1.92. The minimum Gasteiger partial charge on any atom is -0.507 e. The normalized spacial score (nSPS) is 12.2. The van der Waals surface area contributed by atoms with Crippen LogP contribution in [0, 0.1) is 11.6 Å². The van der Waals surface area contributed by atoms with Gasteiger partial charge in [0.1, 0.15) is 23.1 Å². The van der Waals surface area contributed by atoms with Crippen molar-refractivity contribution < 1.29 is 23.7 Å². The first-order valence-corrected chi connectivity index (χ1v) is 7.80. The predicted octanol–water partition coefficient (Wildman–Crippen LogP) is 3.28. The van der Waals surface area contributed by atoms with Crippen LogP contribution >= 0.6 is 0 Å². The highest BCUT2D eigenvalue weighted by molar-refractivity contribution is 5.39. The summed E-state index contributed by atoms with van der Waals surface area (Å²) in [6.07, 6.45) is -0.449. The van der Waals surface area contributed by atoms with Crippen LogP contribution in [0.5, 0.6) is 11.5 Å². The lowest BCUT2D eigenvalue weighted by molar-refractivity contribution is 0.164. The van der Waals surface area contributed by atoms with E-state index >= 15 is 0 Å². The molecule has 0 aliphatic carbocycles. The van der Waals surface area contributed by atoms with Gasteiger partial charge in [0.25, 0.3) is 0 Å². The molecule has 0 amide bonds. The summed E-state index contributed by atoms with van der Waals surface area (Å²) in [6, 6.07) is 8.39. The fraction of sp³-hybridized carbons (Fsp3) is 0.333. The Morgan fingerprint density at radius 3 is 2.50 bits per heavy atom. The lowest BCUT2D eigenvalue weighted by Crippen LogP contribution is -2.22. The highest BCUT2D eigenvalue weighted by Gasteiger charge is 2.17. The molecule has 1 unspecified atom stereocenters. The van der Waals surface area contributed by atoms with Gasteiger partial charge >= 0.3 is 0 Å². The molecule has 0 bridgehead atoms. The molecular formula is C18H21F2NO3. The topological polar surface area (TPSA) is 61.7 Å². The molecule has 6 heteroatoms. The fourth-order valence-corrected chi connectivity index (χ4v) is 2.28. The Hall–Kier alpha value is -2.18. The van der Waals surface area contributed by atoms with Gasteiger partial charge in [-0.15, -0.1) is 0 Å². The summed E-state index contributed by atoms with van der Waals surface area (Å²) in [4.78, 5) is 0. The number of aliphatic hydroxyl groups excluding tert-OH is 1. The number of halogens is 2. The maximum Gasteiger partial charge on any atom is 0.131 e. The molecule has 0 aliphatic heterocycles. The Bertz CT molecular complexity index is 659. The second-order valence-electron chi connectivity index (χ2n) is 5.42. The lowest BCUT2D eigenvalue weighted by Gasteiger charge is -2.14. The van der Waals surface area contributed by atoms with E-state index in [1.165, 1.54) is 12.1 Å². The molecule has 0 heterocycles. The number of phenols is 1. The Morgan fingerprint density at radius 2 is 1.88 bits per heavy atom. The third kappa shape index (κ3) is 4.66. The Labute approximate surface area is 139 Å². The van der Waals surface area contributed by atoms with E-state index in [9.17, 15) is 19.0 Å². The van der Waals surface area contributed by atoms with Crippen LogP contribution in [0.1, 0.15) is 30.6 Å². The number of aliphatic hydroxyl groups is 1. The predicted molar refractivity (Wildman–Crippen MR) is 86.9 cm³/mol. The van der Waals surface area contributed by atoms with Crippen LogP contribution in [0.3, 0.4) is 0 Å². The van der Waals surface area contributed by atoms with Crippen molar-refractivity contribution in [1.82, 2.24) is 5.32 Å². The van der Waals surface area contributed by atoms with Crippen molar-refractivity contribution in [2.24, 2.45) is 0 Å². The number of hydrogen-bond donors (Lipinski definition) is 3. The summed E-state index contributed by atoms with van der Waals surface area (Å²) >= 11 is 0. The summed E-state index contributed by atoms with van der Waals surface area (Å²) in [7, 11) is 0. The molecule has 0 radical (unpaired) electrons. The zero-order valence-electron chi connectivity index (χ0n) is 13.4. The minimum atomic E-state index is -1.32. The average Bonchev–Trinajstić information content (AvgIpc) is 2.54. The fourth-order valence-electron chi connectivity index (χ4n) is 2.28. The molecule has 0 fully saturated rings. The number of benzene rings is 2. The number of nitrogens with one attached hydrogen (secondary N) is 1. The number of rotatable bonds is 8. The number of ether oxygens (including phenoxy) is 1. The first-order chi connectivity index (χ1) is 11.5. The van der Waals surface area contributed by atoms with Gasteiger partial charge in [-0.05, 0) is 24.6 Å². The van der Waals surface area contributed by atoms with Crippen LogP contribution < -0.4 is 10.1 Å². The maximum atomic E-state index is 13.6. The van der Waals surface area contributed by atoms with Crippen molar-refractivity contribution in [3.8, 4) is 11.5 Å². The molecule has 3 N–H and O–H groups in total. The van der Waals surface area contributed by atoms with Crippen LogP contribution in [-0.4, -0.2) is 23.4 Å². The molecule has 0 aromatic heterocycles. The van der Waals surface area contributed by atoms with Crippen molar-refractivity contribution in [2.45, 2.75) is 26.0 Å². The van der Waals surface area contributed by atoms with Crippen molar-refractivity contribution >= 4 is 0 Å². The monoisotopic (exact) mass is 337 g/mol. The summed E-state index contributed by atoms with van der Waals surface area (Å²) in [5.41, 5.74) is 0.234. The van der Waals surface area contributed by atoms with Gasteiger partial charge in [-0.1, -0.05) is 19.1 Å². The van der Waals surface area contributed by atoms with E-state index in [-0.39, 0.29) is 24.4 Å². The highest BCUT2D eigenvalue weighted by atomic mass is 19.1. The van der Waals surface area contributed by atoms with Gasteiger partial charge in [0, 0.05) is 24.7 Å². The maximum absolute atomic E-state index is 13.6. The van der Waals surface area contributed by atoms with E-state index in [1.807, 2.05) is 6.92 Å². The van der Waals surface area contributed by atoms with Crippen LogP contribution in [0.25, 0.3) is 0 Å². The summed E-state index contributed by atoms with van der Waals surface area (Å²) in [5, 5.41) is 22.8. The second kappa shape index (κ2) is 8.61. The van der Waals surface area contributed by atoms with Gasteiger partial charge in [-0.2, -0.15) is 0 Å². The van der Waals surface area contributed by atoms with E-state index in [0.29, 0.717) is 17.9 Å². The highest BCUT2D eigenvalue weighted by Crippen LogP contribution is 2.24. The third-order valence-corrected chi connectivity index (χ3v) is 3.52. The molecule has 130 valence electrons. The van der Waals surface area contributed by atoms with Crippen LogP contribution in [0.4, 0.5) is 8.78 Å². The first-order valence-electron chi connectivity index (χ1n) is 7.80. The zero-order valence-corrected chi connectivity index (χ0v) is 13.4. The molecule has 2 aromatic carbocycles. The number of hydrogen-bond acceptors (Lipinski definition) is 4. The van der Waals surface area contributed by atoms with E-state index in [0.717, 1.165) is 18.6 Å². The van der Waals surface area contributed by atoms with Crippen molar-refractivity contribution in [2.75, 3.05) is 13.2 Å². The molecule has 24 heavy (non-hydrogen) atoms. The summed E-state index contributed by atoms with van der Waals surface area (Å²) in [6.45, 7) is 2.75. The minimum absolute atomic E-state index is 0.0502. The van der Waals surface area contributed by atoms with Crippen LogP contribution in [0.2, 0.25) is 0 Å². The Kier molecular flexibility index (Phi) is 6.52. The lowest BCUT2D eigenvalue weighted by atomic mass is 10.1. The average molecular weight is 337 g/mol. The van der Waals surface area contributed by atoms with Gasteiger partial charge in [0.2, 0.25) is 0 Å². The summed E-state index contributed by atoms with van der Waals surface area (Å²) in [5.74, 6) is -0.941. The van der Waals surface area contributed by atoms with Gasteiger partial charge in [0.05, 0.1) is 18.3 Å². The molecule has 0 saturated heterocycles. The van der Waals surface area contributed by atoms with E-state index in [1.54, 1.807) is 12.1 Å². The van der Waals surface area contributed by atoms with E-state index in [2.05, 4.69) is 5.32 Å². The quantitative estimate of drug-likeness (QED) is 0.692. The third-order valence-electron chi connectivity index (χ3n) is 3.52. The largest absolute Gasteiger partial charge is 0.507 e. The van der Waals surface area contributed by atoms with Crippen molar-refractivity contribution in [3.63, 3.8) is 0 Å². The van der Waals surface area contributed by atoms with E-state index < -0.39 is 17.7 Å². The van der Waals surface area contributed by atoms with Gasteiger partial charge < -0.3 is 20.3 Å². The number of phenolic OH excluding ortho intramolecular Hbond substituents is 1. The Morgan fingerprint density at radius 1 is 1.17 bits per heavy atom. The van der Waals surface area contributed by atoms with Gasteiger partial charge in [-0.3, -0.25) is 0 Å².